The van der Waals surface area contributed by atoms with Crippen LogP contribution >= 0.6 is 22.7 Å². The maximum atomic E-state index is 10.9. The number of aryl methyl sites for hydroxylation is 1. The molecule has 0 aliphatic rings. The monoisotopic (exact) mass is 241 g/mol. The van der Waals surface area contributed by atoms with Gasteiger partial charge in [-0.15, -0.1) is 11.3 Å². The highest BCUT2D eigenvalue weighted by Crippen LogP contribution is 2.10. The Morgan fingerprint density at radius 3 is 3.00 bits per heavy atom. The van der Waals surface area contributed by atoms with E-state index in [-0.39, 0.29) is 4.87 Å². The van der Waals surface area contributed by atoms with Gasteiger partial charge >= 0.3 is 4.87 Å². The number of thiazole rings is 2. The van der Waals surface area contributed by atoms with E-state index >= 15 is 0 Å². The van der Waals surface area contributed by atoms with E-state index < -0.39 is 0 Å². The van der Waals surface area contributed by atoms with Gasteiger partial charge in [-0.25, -0.2) is 4.98 Å². The molecule has 2 heterocycles. The van der Waals surface area contributed by atoms with Crippen LogP contribution in [0.2, 0.25) is 0 Å². The van der Waals surface area contributed by atoms with Crippen LogP contribution in [-0.4, -0.2) is 9.97 Å². The number of hydrogen-bond donors (Lipinski definition) is 2. The molecule has 0 saturated heterocycles. The minimum Gasteiger partial charge on any atom is -0.315 e. The van der Waals surface area contributed by atoms with Gasteiger partial charge in [-0.1, -0.05) is 11.3 Å². The summed E-state index contributed by atoms with van der Waals surface area (Å²) >= 11 is 2.88. The van der Waals surface area contributed by atoms with Crippen LogP contribution in [-0.2, 0) is 13.1 Å². The summed E-state index contributed by atoms with van der Waals surface area (Å²) in [5, 5.41) is 6.17. The van der Waals surface area contributed by atoms with Gasteiger partial charge in [-0.3, -0.25) is 4.79 Å². The van der Waals surface area contributed by atoms with Crippen molar-refractivity contribution in [3.63, 3.8) is 0 Å². The molecule has 2 rings (SSSR count). The molecule has 0 aliphatic heterocycles. The highest BCUT2D eigenvalue weighted by atomic mass is 32.1. The van der Waals surface area contributed by atoms with Gasteiger partial charge in [-0.2, -0.15) is 0 Å². The first kappa shape index (κ1) is 10.5. The number of aromatic amines is 1. The SMILES string of the molecule is Cc1ncc(CNCc2csc(=O)[nH]2)s1. The topological polar surface area (TPSA) is 57.8 Å². The summed E-state index contributed by atoms with van der Waals surface area (Å²) in [5.41, 5.74) is 0.936. The van der Waals surface area contributed by atoms with Gasteiger partial charge in [-0.05, 0) is 6.92 Å². The van der Waals surface area contributed by atoms with Crippen LogP contribution in [0.15, 0.2) is 16.4 Å². The molecule has 2 aromatic heterocycles. The maximum Gasteiger partial charge on any atom is 0.304 e. The Morgan fingerprint density at radius 2 is 2.40 bits per heavy atom. The molecule has 80 valence electrons. The fourth-order valence-corrected chi connectivity index (χ4v) is 2.55. The maximum absolute atomic E-state index is 10.9. The molecular weight excluding hydrogens is 230 g/mol. The van der Waals surface area contributed by atoms with Gasteiger partial charge < -0.3 is 10.3 Å². The molecule has 0 fully saturated rings. The third kappa shape index (κ3) is 2.98. The molecule has 0 aromatic carbocycles. The summed E-state index contributed by atoms with van der Waals surface area (Å²) in [4.78, 5) is 19.0. The van der Waals surface area contributed by atoms with Gasteiger partial charge in [0.1, 0.15) is 0 Å². The van der Waals surface area contributed by atoms with Crippen molar-refractivity contribution in [3.05, 3.63) is 36.8 Å². The van der Waals surface area contributed by atoms with Crippen molar-refractivity contribution >= 4 is 22.7 Å². The fourth-order valence-electron chi connectivity index (χ4n) is 1.21. The summed E-state index contributed by atoms with van der Waals surface area (Å²) in [6.07, 6.45) is 1.88. The van der Waals surface area contributed by atoms with Crippen LogP contribution in [0.5, 0.6) is 0 Å². The zero-order valence-corrected chi connectivity index (χ0v) is 9.87. The van der Waals surface area contributed by atoms with E-state index in [2.05, 4.69) is 15.3 Å². The van der Waals surface area contributed by atoms with Crippen LogP contribution in [0, 0.1) is 6.92 Å². The molecule has 0 saturated carbocycles. The molecule has 0 unspecified atom stereocenters. The minimum absolute atomic E-state index is 0.000403. The lowest BCUT2D eigenvalue weighted by atomic mass is 10.4. The lowest BCUT2D eigenvalue weighted by Gasteiger charge is -1.99. The van der Waals surface area contributed by atoms with E-state index in [1.54, 1.807) is 11.3 Å². The second kappa shape index (κ2) is 4.69. The Morgan fingerprint density at radius 1 is 1.53 bits per heavy atom. The molecular formula is C9H11N3OS2. The third-order valence-corrected chi connectivity index (χ3v) is 3.49. The van der Waals surface area contributed by atoms with Crippen LogP contribution < -0.4 is 10.2 Å². The largest absolute Gasteiger partial charge is 0.315 e. The summed E-state index contributed by atoms with van der Waals surface area (Å²) in [7, 11) is 0. The van der Waals surface area contributed by atoms with Crippen molar-refractivity contribution in [2.75, 3.05) is 0 Å². The second-order valence-corrected chi connectivity index (χ2v) is 5.28. The molecule has 0 bridgehead atoms. The van der Waals surface area contributed by atoms with Gasteiger partial charge in [0.25, 0.3) is 0 Å². The van der Waals surface area contributed by atoms with E-state index in [1.165, 1.54) is 16.2 Å². The molecule has 15 heavy (non-hydrogen) atoms. The number of nitrogens with one attached hydrogen (secondary N) is 2. The predicted octanol–water partition coefficient (Wildman–Crippen LogP) is 1.49. The van der Waals surface area contributed by atoms with E-state index in [4.69, 9.17) is 0 Å². The van der Waals surface area contributed by atoms with Crippen molar-refractivity contribution in [1.82, 2.24) is 15.3 Å². The van der Waals surface area contributed by atoms with Gasteiger partial charge in [0.15, 0.2) is 0 Å². The van der Waals surface area contributed by atoms with Crippen molar-refractivity contribution in [1.29, 1.82) is 0 Å². The lowest BCUT2D eigenvalue weighted by Crippen LogP contribution is -2.12. The van der Waals surface area contributed by atoms with Crippen molar-refractivity contribution in [2.24, 2.45) is 0 Å². The Balaban J connectivity index is 1.82. The van der Waals surface area contributed by atoms with E-state index in [1.807, 2.05) is 18.5 Å². The van der Waals surface area contributed by atoms with E-state index in [0.29, 0.717) is 6.54 Å². The summed E-state index contributed by atoms with van der Waals surface area (Å²) in [6, 6.07) is 0. The number of rotatable bonds is 4. The first-order chi connectivity index (χ1) is 7.24. The molecule has 2 aromatic rings. The molecule has 4 nitrogen and oxygen atoms in total. The quantitative estimate of drug-likeness (QED) is 0.852. The van der Waals surface area contributed by atoms with Gasteiger partial charge in [0.2, 0.25) is 0 Å². The Labute approximate surface area is 95.0 Å². The molecule has 0 amide bonds. The molecule has 0 spiro atoms. The number of hydrogen-bond acceptors (Lipinski definition) is 5. The van der Waals surface area contributed by atoms with Crippen molar-refractivity contribution in [2.45, 2.75) is 20.0 Å². The standard InChI is InChI=1S/C9H11N3OS2/c1-6-11-4-8(15-6)3-10-2-7-5-14-9(13)12-7/h4-5,10H,2-3H2,1H3,(H,12,13). The van der Waals surface area contributed by atoms with Gasteiger partial charge in [0.05, 0.1) is 5.01 Å². The average Bonchev–Trinajstić information content (AvgIpc) is 2.76. The van der Waals surface area contributed by atoms with E-state index in [9.17, 15) is 4.79 Å². The highest BCUT2D eigenvalue weighted by molar-refractivity contribution is 7.11. The second-order valence-electron chi connectivity index (χ2n) is 3.12. The summed E-state index contributed by atoms with van der Waals surface area (Å²) in [6.45, 7) is 3.48. The number of aromatic nitrogens is 2. The molecule has 6 heteroatoms. The molecule has 0 aliphatic carbocycles. The normalized spacial score (nSPS) is 10.7. The fraction of sp³-hybridized carbons (Fsp3) is 0.333. The first-order valence-corrected chi connectivity index (χ1v) is 6.22. The Hall–Kier alpha value is -0.980. The third-order valence-electron chi connectivity index (χ3n) is 1.85. The molecule has 0 atom stereocenters. The highest BCUT2D eigenvalue weighted by Gasteiger charge is 1.99. The number of nitrogens with zero attached hydrogens (tertiary/aromatic N) is 1. The lowest BCUT2D eigenvalue weighted by molar-refractivity contribution is 0.688. The Bertz CT molecular complexity index is 485. The zero-order chi connectivity index (χ0) is 10.7. The van der Waals surface area contributed by atoms with Crippen LogP contribution in [0.3, 0.4) is 0 Å². The predicted molar refractivity (Wildman–Crippen MR) is 62.3 cm³/mol. The number of H-pyrrole nitrogens is 1. The average molecular weight is 241 g/mol. The van der Waals surface area contributed by atoms with Crippen LogP contribution in [0.1, 0.15) is 15.6 Å². The van der Waals surface area contributed by atoms with Gasteiger partial charge in [0, 0.05) is 35.2 Å². The minimum atomic E-state index is 0.000403. The first-order valence-electron chi connectivity index (χ1n) is 4.53. The van der Waals surface area contributed by atoms with E-state index in [0.717, 1.165) is 17.2 Å². The van der Waals surface area contributed by atoms with Crippen molar-refractivity contribution < 1.29 is 0 Å². The van der Waals surface area contributed by atoms with Crippen LogP contribution in [0.25, 0.3) is 0 Å². The van der Waals surface area contributed by atoms with Crippen molar-refractivity contribution in [3.8, 4) is 0 Å². The molecule has 0 radical (unpaired) electrons. The zero-order valence-electron chi connectivity index (χ0n) is 8.24. The summed E-state index contributed by atoms with van der Waals surface area (Å²) < 4.78 is 0. The molecule has 2 N–H and O–H groups in total. The Kier molecular flexibility index (Phi) is 3.30. The summed E-state index contributed by atoms with van der Waals surface area (Å²) in [5.74, 6) is 0. The smallest absolute Gasteiger partial charge is 0.304 e. The van der Waals surface area contributed by atoms with Crippen LogP contribution in [0.4, 0.5) is 0 Å².